The molecule has 1 saturated carbocycles. The fraction of sp³-hybridized carbons (Fsp3) is 0.636. The molecule has 0 amide bonds. The summed E-state index contributed by atoms with van der Waals surface area (Å²) in [6, 6.07) is 0. The lowest BCUT2D eigenvalue weighted by Gasteiger charge is -2.21. The average molecular weight is 212 g/mol. The van der Waals surface area contributed by atoms with Crippen molar-refractivity contribution in [1.82, 2.24) is 0 Å². The zero-order chi connectivity index (χ0) is 11.3. The van der Waals surface area contributed by atoms with E-state index in [1.54, 1.807) is 0 Å². The second-order valence-corrected chi connectivity index (χ2v) is 4.02. The Bertz CT molecular complexity index is 274. The first kappa shape index (κ1) is 11.8. The maximum atomic E-state index is 10.8. The molecule has 4 heteroatoms. The Hall–Kier alpha value is -1.32. The van der Waals surface area contributed by atoms with Crippen molar-refractivity contribution in [3.63, 3.8) is 0 Å². The Kier molecular flexibility index (Phi) is 4.34. The van der Waals surface area contributed by atoms with Gasteiger partial charge < -0.3 is 10.2 Å². The largest absolute Gasteiger partial charge is 0.478 e. The van der Waals surface area contributed by atoms with Crippen LogP contribution in [0.5, 0.6) is 0 Å². The molecule has 0 atom stereocenters. The number of carboxylic acid groups (broad SMARTS) is 2. The molecule has 15 heavy (non-hydrogen) atoms. The van der Waals surface area contributed by atoms with E-state index in [0.717, 1.165) is 31.8 Å². The zero-order valence-electron chi connectivity index (χ0n) is 8.61. The molecule has 0 aromatic heterocycles. The Morgan fingerprint density at radius 1 is 1.13 bits per heavy atom. The van der Waals surface area contributed by atoms with Crippen LogP contribution in [0.15, 0.2) is 11.6 Å². The molecule has 0 aromatic rings. The van der Waals surface area contributed by atoms with Gasteiger partial charge in [-0.2, -0.15) is 0 Å². The Morgan fingerprint density at radius 2 is 1.73 bits per heavy atom. The molecule has 1 fully saturated rings. The summed E-state index contributed by atoms with van der Waals surface area (Å²) < 4.78 is 0. The lowest BCUT2D eigenvalue weighted by Crippen LogP contribution is -2.12. The molecular weight excluding hydrogens is 196 g/mol. The van der Waals surface area contributed by atoms with Crippen molar-refractivity contribution in [2.45, 2.75) is 38.5 Å². The van der Waals surface area contributed by atoms with Gasteiger partial charge in [0.1, 0.15) is 0 Å². The molecule has 0 aromatic carbocycles. The molecule has 84 valence electrons. The first-order valence-corrected chi connectivity index (χ1v) is 5.26. The van der Waals surface area contributed by atoms with E-state index in [9.17, 15) is 9.59 Å². The predicted octanol–water partition coefficient (Wildman–Crippen LogP) is 2.05. The third-order valence-corrected chi connectivity index (χ3v) is 2.81. The van der Waals surface area contributed by atoms with Gasteiger partial charge in [-0.1, -0.05) is 32.1 Å². The molecule has 0 spiro atoms. The Morgan fingerprint density at radius 3 is 2.20 bits per heavy atom. The van der Waals surface area contributed by atoms with E-state index in [4.69, 9.17) is 10.2 Å². The average Bonchev–Trinajstić information content (AvgIpc) is 2.17. The first-order valence-electron chi connectivity index (χ1n) is 5.26. The molecule has 0 unspecified atom stereocenters. The molecule has 0 bridgehead atoms. The number of hydrogen-bond acceptors (Lipinski definition) is 2. The van der Waals surface area contributed by atoms with E-state index >= 15 is 0 Å². The highest BCUT2D eigenvalue weighted by Crippen LogP contribution is 2.28. The van der Waals surface area contributed by atoms with Gasteiger partial charge in [0.15, 0.2) is 0 Å². The predicted molar refractivity (Wildman–Crippen MR) is 54.5 cm³/mol. The smallest absolute Gasteiger partial charge is 0.331 e. The van der Waals surface area contributed by atoms with Gasteiger partial charge >= 0.3 is 11.9 Å². The van der Waals surface area contributed by atoms with Crippen LogP contribution in [0.25, 0.3) is 0 Å². The maximum absolute atomic E-state index is 10.8. The number of aliphatic carboxylic acids is 2. The van der Waals surface area contributed by atoms with Crippen molar-refractivity contribution in [3.05, 3.63) is 11.6 Å². The van der Waals surface area contributed by atoms with E-state index in [1.807, 2.05) is 0 Å². The number of rotatable bonds is 4. The molecule has 1 aliphatic rings. The maximum Gasteiger partial charge on any atom is 0.331 e. The van der Waals surface area contributed by atoms with E-state index in [-0.39, 0.29) is 5.57 Å². The highest BCUT2D eigenvalue weighted by Gasteiger charge is 2.19. The van der Waals surface area contributed by atoms with E-state index in [1.165, 1.54) is 6.42 Å². The van der Waals surface area contributed by atoms with Crippen molar-refractivity contribution in [2.75, 3.05) is 0 Å². The summed E-state index contributed by atoms with van der Waals surface area (Å²) in [5.41, 5.74) is 0.0226. The van der Waals surface area contributed by atoms with Crippen LogP contribution < -0.4 is 0 Å². The molecule has 0 saturated heterocycles. The quantitative estimate of drug-likeness (QED) is 0.699. The summed E-state index contributed by atoms with van der Waals surface area (Å²) >= 11 is 0. The molecule has 1 aliphatic carbocycles. The molecule has 0 heterocycles. The summed E-state index contributed by atoms with van der Waals surface area (Å²) in [6.45, 7) is 0. The lowest BCUT2D eigenvalue weighted by atomic mass is 9.84. The summed E-state index contributed by atoms with van der Waals surface area (Å²) in [6.07, 6.45) is 6.71. The van der Waals surface area contributed by atoms with Crippen molar-refractivity contribution >= 4 is 11.9 Å². The number of hydrogen-bond donors (Lipinski definition) is 2. The zero-order valence-corrected chi connectivity index (χ0v) is 8.61. The van der Waals surface area contributed by atoms with E-state index in [0.29, 0.717) is 12.3 Å². The number of carbonyl (C=O) groups is 2. The molecule has 0 aliphatic heterocycles. The highest BCUT2D eigenvalue weighted by atomic mass is 16.4. The Balaban J connectivity index is 2.57. The van der Waals surface area contributed by atoms with Gasteiger partial charge in [0.2, 0.25) is 0 Å². The van der Waals surface area contributed by atoms with Crippen LogP contribution in [0, 0.1) is 5.92 Å². The summed E-state index contributed by atoms with van der Waals surface area (Å²) in [4.78, 5) is 21.2. The summed E-state index contributed by atoms with van der Waals surface area (Å²) in [5.74, 6) is -1.94. The lowest BCUT2D eigenvalue weighted by molar-refractivity contribution is -0.135. The topological polar surface area (TPSA) is 74.6 Å². The molecule has 4 nitrogen and oxygen atoms in total. The minimum atomic E-state index is -1.18. The molecular formula is C11H16O4. The van der Waals surface area contributed by atoms with Gasteiger partial charge in [0, 0.05) is 11.6 Å². The Labute approximate surface area is 88.6 Å². The van der Waals surface area contributed by atoms with Gasteiger partial charge in [-0.25, -0.2) is 9.59 Å². The minimum absolute atomic E-state index is 0.0226. The van der Waals surface area contributed by atoms with Crippen LogP contribution in [-0.4, -0.2) is 22.2 Å². The summed E-state index contributed by atoms with van der Waals surface area (Å²) in [7, 11) is 0. The summed E-state index contributed by atoms with van der Waals surface area (Å²) in [5, 5.41) is 17.3. The second-order valence-electron chi connectivity index (χ2n) is 4.02. The van der Waals surface area contributed by atoms with Crippen molar-refractivity contribution in [3.8, 4) is 0 Å². The standard InChI is InChI=1S/C11H16O4/c12-10(13)7-9(11(14)15)6-8-4-2-1-3-5-8/h7-8H,1-6H2,(H,12,13)(H,14,15)/b9-7+. The van der Waals surface area contributed by atoms with E-state index in [2.05, 4.69) is 0 Å². The van der Waals surface area contributed by atoms with E-state index < -0.39 is 11.9 Å². The van der Waals surface area contributed by atoms with Crippen LogP contribution in [0.2, 0.25) is 0 Å². The van der Waals surface area contributed by atoms with Crippen LogP contribution >= 0.6 is 0 Å². The number of carboxylic acids is 2. The van der Waals surface area contributed by atoms with Crippen molar-refractivity contribution in [2.24, 2.45) is 5.92 Å². The van der Waals surface area contributed by atoms with Gasteiger partial charge in [-0.15, -0.1) is 0 Å². The third kappa shape index (κ3) is 4.14. The van der Waals surface area contributed by atoms with Crippen LogP contribution in [-0.2, 0) is 9.59 Å². The molecule has 2 N–H and O–H groups in total. The first-order chi connectivity index (χ1) is 7.09. The van der Waals surface area contributed by atoms with Crippen LogP contribution in [0.1, 0.15) is 38.5 Å². The minimum Gasteiger partial charge on any atom is -0.478 e. The highest BCUT2D eigenvalue weighted by molar-refractivity contribution is 5.94. The van der Waals surface area contributed by atoms with Crippen LogP contribution in [0.4, 0.5) is 0 Å². The van der Waals surface area contributed by atoms with Crippen LogP contribution in [0.3, 0.4) is 0 Å². The molecule has 1 rings (SSSR count). The van der Waals surface area contributed by atoms with Gasteiger partial charge in [0.05, 0.1) is 0 Å². The normalized spacial score (nSPS) is 18.8. The fourth-order valence-corrected chi connectivity index (χ4v) is 2.06. The molecule has 0 radical (unpaired) electrons. The van der Waals surface area contributed by atoms with Gasteiger partial charge in [0.25, 0.3) is 0 Å². The SMILES string of the molecule is O=C(O)/C=C(\CC1CCCCC1)C(=O)O. The van der Waals surface area contributed by atoms with Crippen molar-refractivity contribution in [1.29, 1.82) is 0 Å². The second kappa shape index (κ2) is 5.53. The fourth-order valence-electron chi connectivity index (χ4n) is 2.06. The van der Waals surface area contributed by atoms with Gasteiger partial charge in [-0.3, -0.25) is 0 Å². The third-order valence-electron chi connectivity index (χ3n) is 2.81. The monoisotopic (exact) mass is 212 g/mol. The van der Waals surface area contributed by atoms with Crippen molar-refractivity contribution < 1.29 is 19.8 Å². The van der Waals surface area contributed by atoms with Gasteiger partial charge in [-0.05, 0) is 12.3 Å².